The third kappa shape index (κ3) is 11.1. The zero-order chi connectivity index (χ0) is 43.0. The van der Waals surface area contributed by atoms with E-state index in [9.17, 15) is 44.5 Å². The van der Waals surface area contributed by atoms with E-state index in [2.05, 4.69) is 4.72 Å². The lowest BCUT2D eigenvalue weighted by Crippen LogP contribution is -2.59. The van der Waals surface area contributed by atoms with Crippen molar-refractivity contribution in [2.45, 2.75) is 128 Å². The smallest absolute Gasteiger partial charge is 0.416 e. The van der Waals surface area contributed by atoms with Gasteiger partial charge in [-0.15, -0.1) is 0 Å². The first kappa shape index (κ1) is 46.9. The van der Waals surface area contributed by atoms with Crippen LogP contribution in [-0.4, -0.2) is 65.3 Å². The van der Waals surface area contributed by atoms with E-state index in [1.807, 2.05) is 33.9 Å². The van der Waals surface area contributed by atoms with Gasteiger partial charge in [0.2, 0.25) is 0 Å². The topological polar surface area (TPSA) is 88.2 Å². The summed E-state index contributed by atoms with van der Waals surface area (Å²) in [6, 6.07) is 2.40. The number of rotatable bonds is 10. The van der Waals surface area contributed by atoms with Gasteiger partial charge in [0.25, 0.3) is 8.32 Å². The van der Waals surface area contributed by atoms with E-state index in [4.69, 9.17) is 9.16 Å². The Labute approximate surface area is 328 Å². The van der Waals surface area contributed by atoms with Crippen LogP contribution in [0.2, 0.25) is 18.1 Å². The Balaban J connectivity index is 2.18. The van der Waals surface area contributed by atoms with Gasteiger partial charge < -0.3 is 19.0 Å². The van der Waals surface area contributed by atoms with Crippen molar-refractivity contribution in [2.75, 3.05) is 20.7 Å². The summed E-state index contributed by atoms with van der Waals surface area (Å²) >= 11 is 0. The third-order valence-electron chi connectivity index (χ3n) is 10.7. The highest BCUT2D eigenvalue weighted by Gasteiger charge is 2.47. The second kappa shape index (κ2) is 16.8. The average Bonchev–Trinajstić information content (AvgIpc) is 3.06. The number of aryl methyl sites for hydroxylation is 1. The number of hydrogen-bond donors (Lipinski definition) is 1. The van der Waals surface area contributed by atoms with Gasteiger partial charge in [0, 0.05) is 19.1 Å². The van der Waals surface area contributed by atoms with Crippen molar-refractivity contribution in [3.63, 3.8) is 0 Å². The van der Waals surface area contributed by atoms with Gasteiger partial charge >= 0.3 is 24.4 Å². The lowest BCUT2D eigenvalue weighted by atomic mass is 9.78. The molecular weight excluding hydrogens is 784 g/mol. The number of carbonyl (C=O) groups is 2. The predicted molar refractivity (Wildman–Crippen MR) is 205 cm³/mol. The molecule has 1 heterocycles. The average molecular weight is 838 g/mol. The van der Waals surface area contributed by atoms with Gasteiger partial charge in [0.15, 0.2) is 5.76 Å². The molecule has 1 aliphatic rings. The summed E-state index contributed by atoms with van der Waals surface area (Å²) < 4.78 is 125. The molecule has 4 atom stereocenters. The molecular formula is C39H54F7N3O5SSi. The van der Waals surface area contributed by atoms with E-state index in [1.165, 1.54) is 44.2 Å². The maximum atomic E-state index is 14.5. The number of piperidine rings is 1. The number of esters is 1. The van der Waals surface area contributed by atoms with Gasteiger partial charge in [-0.25, -0.2) is 22.9 Å². The van der Waals surface area contributed by atoms with Crippen molar-refractivity contribution in [3.8, 4) is 0 Å². The summed E-state index contributed by atoms with van der Waals surface area (Å²) in [4.78, 5) is 30.0. The Bertz CT molecular complexity index is 1790. The minimum atomic E-state index is -5.09. The van der Waals surface area contributed by atoms with Gasteiger partial charge in [-0.1, -0.05) is 26.8 Å². The van der Waals surface area contributed by atoms with E-state index in [0.29, 0.717) is 23.3 Å². The number of nitrogens with zero attached hydrogens (tertiary/aromatic N) is 2. The second-order valence-electron chi connectivity index (χ2n) is 17.0. The molecule has 1 fully saturated rings. The van der Waals surface area contributed by atoms with Crippen molar-refractivity contribution in [1.29, 1.82) is 0 Å². The summed E-state index contributed by atoms with van der Waals surface area (Å²) in [5.41, 5.74) is -3.49. The van der Waals surface area contributed by atoms with Crippen LogP contribution in [0, 0.1) is 12.7 Å². The number of urea groups is 1. The Morgan fingerprint density at radius 3 is 2.04 bits per heavy atom. The van der Waals surface area contributed by atoms with Crippen molar-refractivity contribution >= 4 is 31.3 Å². The number of alkyl halides is 6. The zero-order valence-electron chi connectivity index (χ0n) is 34.0. The largest absolute Gasteiger partial charge is 0.539 e. The molecule has 314 valence electrons. The number of amides is 2. The molecule has 0 bridgehead atoms. The van der Waals surface area contributed by atoms with Crippen LogP contribution >= 0.6 is 0 Å². The van der Waals surface area contributed by atoms with E-state index < -0.39 is 83.0 Å². The first-order valence-corrected chi connectivity index (χ1v) is 22.2. The van der Waals surface area contributed by atoms with Crippen molar-refractivity contribution in [2.24, 2.45) is 0 Å². The van der Waals surface area contributed by atoms with E-state index in [0.717, 1.165) is 4.90 Å². The lowest BCUT2D eigenvalue weighted by Gasteiger charge is -2.49. The van der Waals surface area contributed by atoms with Crippen LogP contribution in [0.25, 0.3) is 0 Å². The molecule has 1 saturated heterocycles. The molecule has 1 N–H and O–H groups in total. The lowest BCUT2D eigenvalue weighted by molar-refractivity contribution is -0.143. The number of carbonyl (C=O) groups excluding carboxylic acids is 2. The van der Waals surface area contributed by atoms with E-state index in [1.54, 1.807) is 33.8 Å². The van der Waals surface area contributed by atoms with Crippen LogP contribution in [0.4, 0.5) is 35.5 Å². The number of benzene rings is 2. The molecule has 0 aromatic heterocycles. The standard InChI is InChI=1S/C39H54F7N3O5SSi/c1-24-19-29(40)13-14-30(24)31-23-37(47-55(52)35(3,4)5,16-15-32(33(50)53-10)54-56(11,12)36(6,7)8)17-18-49(31)34(51)48(9)25(2)26-20-27(38(41,42)43)22-28(21-26)39(44,45)46/h13-15,19-22,25,31,47H,16-18,23H2,1-12H3/t25-,31-,37-,55?/m1/s1. The Morgan fingerprint density at radius 2 is 1.57 bits per heavy atom. The number of nitrogens with one attached hydrogen (secondary N) is 1. The third-order valence-corrected chi connectivity index (χ3v) is 16.8. The second-order valence-corrected chi connectivity index (χ2v) is 23.7. The van der Waals surface area contributed by atoms with Crippen LogP contribution in [-0.2, 0) is 37.3 Å². The van der Waals surface area contributed by atoms with E-state index in [-0.39, 0.29) is 48.2 Å². The normalized spacial score (nSPS) is 20.0. The molecule has 0 radical (unpaired) electrons. The SMILES string of the molecule is COC(=O)C(=CC[C@@]1(NS(=O)C(C)(C)C)CCN(C(=O)N(C)[C@H](C)c2cc(C(F)(F)F)cc(C(F)(F)F)c2)[C@@H](c2ccc(F)cc2C)C1)O[Si](C)(C)C(C)(C)C. The number of likely N-dealkylation sites (tertiary alicyclic amines) is 1. The summed E-state index contributed by atoms with van der Waals surface area (Å²) in [5, 5.41) is -0.285. The van der Waals surface area contributed by atoms with E-state index >= 15 is 0 Å². The number of halogens is 7. The Morgan fingerprint density at radius 1 is 1.02 bits per heavy atom. The molecule has 8 nitrogen and oxygen atoms in total. The summed E-state index contributed by atoms with van der Waals surface area (Å²) in [5.74, 6) is -1.27. The van der Waals surface area contributed by atoms with Crippen molar-refractivity contribution in [1.82, 2.24) is 14.5 Å². The minimum absolute atomic E-state index is 0.0253. The number of ether oxygens (including phenoxy) is 1. The Hall–Kier alpha value is -3.44. The summed E-state index contributed by atoms with van der Waals surface area (Å²) in [6.07, 6.45) is -8.31. The maximum Gasteiger partial charge on any atom is 0.416 e. The fraction of sp³-hybridized carbons (Fsp3) is 0.590. The summed E-state index contributed by atoms with van der Waals surface area (Å²) in [6.45, 7) is 18.2. The molecule has 17 heteroatoms. The van der Waals surface area contributed by atoms with Crippen molar-refractivity contribution < 1.29 is 53.7 Å². The number of methoxy groups -OCH3 is 1. The van der Waals surface area contributed by atoms with Crippen LogP contribution in [0.1, 0.15) is 108 Å². The fourth-order valence-corrected chi connectivity index (χ4v) is 8.05. The van der Waals surface area contributed by atoms with Gasteiger partial charge in [-0.05, 0) is 125 Å². The highest BCUT2D eigenvalue weighted by molar-refractivity contribution is 7.84. The van der Waals surface area contributed by atoms with Crippen LogP contribution in [0.15, 0.2) is 48.2 Å². The molecule has 2 amide bonds. The quantitative estimate of drug-likeness (QED) is 0.0847. The monoisotopic (exact) mass is 837 g/mol. The van der Waals surface area contributed by atoms with Gasteiger partial charge in [0.1, 0.15) is 5.82 Å². The molecule has 0 aliphatic carbocycles. The number of hydrogen-bond acceptors (Lipinski definition) is 5. The van der Waals surface area contributed by atoms with Crippen molar-refractivity contribution in [3.05, 3.63) is 81.9 Å². The maximum absolute atomic E-state index is 14.5. The molecule has 0 saturated carbocycles. The first-order chi connectivity index (χ1) is 25.3. The molecule has 2 aromatic carbocycles. The molecule has 0 spiro atoms. The van der Waals surface area contributed by atoms with Crippen LogP contribution < -0.4 is 4.72 Å². The highest BCUT2D eigenvalue weighted by atomic mass is 32.2. The Kier molecular flexibility index (Phi) is 14.1. The van der Waals surface area contributed by atoms with Crippen LogP contribution in [0.3, 0.4) is 0 Å². The molecule has 1 unspecified atom stereocenters. The molecule has 3 rings (SSSR count). The van der Waals surface area contributed by atoms with Gasteiger partial charge in [0.05, 0.1) is 46.1 Å². The first-order valence-electron chi connectivity index (χ1n) is 18.1. The molecule has 1 aliphatic heterocycles. The van der Waals surface area contributed by atoms with Crippen LogP contribution in [0.5, 0.6) is 0 Å². The minimum Gasteiger partial charge on any atom is -0.539 e. The summed E-state index contributed by atoms with van der Waals surface area (Å²) in [7, 11) is -1.74. The van der Waals surface area contributed by atoms with Gasteiger partial charge in [-0.2, -0.15) is 26.3 Å². The predicted octanol–water partition coefficient (Wildman–Crippen LogP) is 10.4. The zero-order valence-corrected chi connectivity index (χ0v) is 35.8. The fourth-order valence-electron chi connectivity index (χ4n) is 6.06. The molecule has 2 aromatic rings. The highest BCUT2D eigenvalue weighted by Crippen LogP contribution is 2.44. The molecule has 56 heavy (non-hydrogen) atoms. The van der Waals surface area contributed by atoms with Gasteiger partial charge in [-0.3, -0.25) is 0 Å².